The molecule has 0 fully saturated rings. The Kier molecular flexibility index (Phi) is 7.01. The van der Waals surface area contributed by atoms with E-state index >= 15 is 0 Å². The lowest BCUT2D eigenvalue weighted by Gasteiger charge is -2.10. The van der Waals surface area contributed by atoms with Crippen LogP contribution in [-0.2, 0) is 9.59 Å². The predicted octanol–water partition coefficient (Wildman–Crippen LogP) is 4.22. The molecule has 0 bridgehead atoms. The molecule has 3 aromatic carbocycles. The zero-order valence-corrected chi connectivity index (χ0v) is 17.3. The molecule has 31 heavy (non-hydrogen) atoms. The zero-order valence-electron chi connectivity index (χ0n) is 17.3. The molecule has 7 nitrogen and oxygen atoms in total. The number of nitrogens with one attached hydrogen (secondary N) is 3. The van der Waals surface area contributed by atoms with Gasteiger partial charge >= 0.3 is 0 Å². The number of rotatable bonds is 7. The van der Waals surface area contributed by atoms with Gasteiger partial charge in [0.05, 0.1) is 0 Å². The van der Waals surface area contributed by atoms with Gasteiger partial charge in [0.25, 0.3) is 11.8 Å². The van der Waals surface area contributed by atoms with E-state index in [1.165, 1.54) is 6.92 Å². The van der Waals surface area contributed by atoms with E-state index in [-0.39, 0.29) is 24.3 Å². The fraction of sp³-hybridized carbons (Fsp3) is 0.125. The summed E-state index contributed by atoms with van der Waals surface area (Å²) in [6.07, 6.45) is 0. The topological polar surface area (TPSA) is 96.5 Å². The van der Waals surface area contributed by atoms with Crippen LogP contribution in [0.25, 0.3) is 0 Å². The fourth-order valence-electron chi connectivity index (χ4n) is 2.85. The van der Waals surface area contributed by atoms with Crippen molar-refractivity contribution < 1.29 is 19.1 Å². The van der Waals surface area contributed by atoms with E-state index in [2.05, 4.69) is 16.0 Å². The summed E-state index contributed by atoms with van der Waals surface area (Å²) < 4.78 is 5.50. The van der Waals surface area contributed by atoms with E-state index in [1.54, 1.807) is 54.6 Å². The number of carbonyl (C=O) groups excluding carboxylic acids is 3. The van der Waals surface area contributed by atoms with Crippen molar-refractivity contribution in [3.05, 3.63) is 83.9 Å². The van der Waals surface area contributed by atoms with Gasteiger partial charge in [-0.1, -0.05) is 23.8 Å². The molecular weight excluding hydrogens is 394 g/mol. The molecule has 0 aromatic heterocycles. The van der Waals surface area contributed by atoms with Crippen LogP contribution >= 0.6 is 0 Å². The first-order chi connectivity index (χ1) is 14.9. The number of benzene rings is 3. The van der Waals surface area contributed by atoms with Gasteiger partial charge in [-0.2, -0.15) is 0 Å². The molecule has 0 saturated heterocycles. The van der Waals surface area contributed by atoms with Crippen molar-refractivity contribution in [3.8, 4) is 5.75 Å². The molecule has 0 radical (unpaired) electrons. The number of carbonyl (C=O) groups is 3. The molecule has 0 atom stereocenters. The first-order valence-electron chi connectivity index (χ1n) is 9.67. The maximum atomic E-state index is 12.3. The third-order valence-corrected chi connectivity index (χ3v) is 4.23. The minimum atomic E-state index is -0.336. The van der Waals surface area contributed by atoms with Gasteiger partial charge in [-0.15, -0.1) is 0 Å². The lowest BCUT2D eigenvalue weighted by atomic mass is 10.1. The van der Waals surface area contributed by atoms with Gasteiger partial charge in [-0.05, 0) is 61.5 Å². The maximum Gasteiger partial charge on any atom is 0.262 e. The highest BCUT2D eigenvalue weighted by Crippen LogP contribution is 2.18. The van der Waals surface area contributed by atoms with Crippen LogP contribution in [0.15, 0.2) is 72.8 Å². The quantitative estimate of drug-likeness (QED) is 0.536. The summed E-state index contributed by atoms with van der Waals surface area (Å²) >= 11 is 0. The van der Waals surface area contributed by atoms with Gasteiger partial charge in [-0.3, -0.25) is 14.4 Å². The van der Waals surface area contributed by atoms with Crippen LogP contribution in [0.3, 0.4) is 0 Å². The first-order valence-corrected chi connectivity index (χ1v) is 9.67. The third kappa shape index (κ3) is 6.71. The molecule has 3 N–H and O–H groups in total. The molecule has 0 aliphatic carbocycles. The SMILES string of the molecule is CC(=O)Nc1cccc(NC(=O)COc2ccc(NC(=O)c3cccc(C)c3)cc2)c1. The molecule has 3 rings (SSSR count). The Morgan fingerprint density at radius 2 is 1.45 bits per heavy atom. The molecular formula is C24H23N3O4. The van der Waals surface area contributed by atoms with Crippen molar-refractivity contribution in [1.82, 2.24) is 0 Å². The normalized spacial score (nSPS) is 10.1. The van der Waals surface area contributed by atoms with Gasteiger partial charge in [0.15, 0.2) is 6.61 Å². The lowest BCUT2D eigenvalue weighted by Crippen LogP contribution is -2.20. The van der Waals surface area contributed by atoms with Crippen molar-refractivity contribution >= 4 is 34.8 Å². The van der Waals surface area contributed by atoms with Gasteiger partial charge in [0.2, 0.25) is 5.91 Å². The predicted molar refractivity (Wildman–Crippen MR) is 120 cm³/mol. The average molecular weight is 417 g/mol. The Morgan fingerprint density at radius 1 is 0.774 bits per heavy atom. The summed E-state index contributed by atoms with van der Waals surface area (Å²) in [6.45, 7) is 3.16. The highest BCUT2D eigenvalue weighted by molar-refractivity contribution is 6.04. The minimum absolute atomic E-state index is 0.181. The van der Waals surface area contributed by atoms with Crippen molar-refractivity contribution in [3.63, 3.8) is 0 Å². The van der Waals surface area contributed by atoms with Crippen molar-refractivity contribution in [2.24, 2.45) is 0 Å². The number of aryl methyl sites for hydroxylation is 1. The van der Waals surface area contributed by atoms with Crippen LogP contribution in [0.4, 0.5) is 17.1 Å². The van der Waals surface area contributed by atoms with E-state index in [4.69, 9.17) is 4.74 Å². The highest BCUT2D eigenvalue weighted by atomic mass is 16.5. The summed E-state index contributed by atoms with van der Waals surface area (Å²) in [5.74, 6) is -0.226. The molecule has 0 spiro atoms. The van der Waals surface area contributed by atoms with Gasteiger partial charge in [0.1, 0.15) is 5.75 Å². The molecule has 0 aliphatic rings. The number of hydrogen-bond acceptors (Lipinski definition) is 4. The summed E-state index contributed by atoms with van der Waals surface area (Å²) in [5, 5.41) is 8.20. The second kappa shape index (κ2) is 10.1. The van der Waals surface area contributed by atoms with E-state index < -0.39 is 0 Å². The number of ether oxygens (including phenoxy) is 1. The highest BCUT2D eigenvalue weighted by Gasteiger charge is 2.08. The molecule has 0 aliphatic heterocycles. The molecule has 3 aromatic rings. The van der Waals surface area contributed by atoms with Crippen LogP contribution in [0.1, 0.15) is 22.8 Å². The summed E-state index contributed by atoms with van der Waals surface area (Å²) in [4.78, 5) is 35.6. The monoisotopic (exact) mass is 417 g/mol. The van der Waals surface area contributed by atoms with E-state index in [1.807, 2.05) is 25.1 Å². The molecule has 0 saturated carbocycles. The van der Waals surface area contributed by atoms with E-state index in [9.17, 15) is 14.4 Å². The van der Waals surface area contributed by atoms with Crippen LogP contribution in [0, 0.1) is 6.92 Å². The largest absolute Gasteiger partial charge is 0.484 e. The third-order valence-electron chi connectivity index (χ3n) is 4.23. The van der Waals surface area contributed by atoms with Crippen molar-refractivity contribution in [2.45, 2.75) is 13.8 Å². The molecule has 7 heteroatoms. The van der Waals surface area contributed by atoms with Crippen LogP contribution in [0.2, 0.25) is 0 Å². The van der Waals surface area contributed by atoms with E-state index in [0.717, 1.165) is 5.56 Å². The Hall–Kier alpha value is -4.13. The summed E-state index contributed by atoms with van der Waals surface area (Å²) in [6, 6.07) is 20.9. The first kappa shape index (κ1) is 21.6. The summed E-state index contributed by atoms with van der Waals surface area (Å²) in [7, 11) is 0. The molecule has 3 amide bonds. The van der Waals surface area contributed by atoms with Crippen LogP contribution in [0.5, 0.6) is 5.75 Å². The minimum Gasteiger partial charge on any atom is -0.484 e. The molecule has 0 heterocycles. The van der Waals surface area contributed by atoms with E-state index in [0.29, 0.717) is 28.4 Å². The number of hydrogen-bond donors (Lipinski definition) is 3. The smallest absolute Gasteiger partial charge is 0.262 e. The molecule has 158 valence electrons. The average Bonchev–Trinajstić information content (AvgIpc) is 2.73. The lowest BCUT2D eigenvalue weighted by molar-refractivity contribution is -0.118. The fourth-order valence-corrected chi connectivity index (χ4v) is 2.85. The standard InChI is InChI=1S/C24H23N3O4/c1-16-5-3-6-18(13-16)24(30)27-19-9-11-22(12-10-19)31-15-23(29)26-21-8-4-7-20(14-21)25-17(2)28/h3-14H,15H2,1-2H3,(H,25,28)(H,26,29)(H,27,30). The van der Waals surface area contributed by atoms with Crippen LogP contribution in [-0.4, -0.2) is 24.3 Å². The number of anilines is 3. The maximum absolute atomic E-state index is 12.3. The van der Waals surface area contributed by atoms with Gasteiger partial charge in [-0.25, -0.2) is 0 Å². The zero-order chi connectivity index (χ0) is 22.2. The van der Waals surface area contributed by atoms with Gasteiger partial charge < -0.3 is 20.7 Å². The van der Waals surface area contributed by atoms with Crippen LogP contribution < -0.4 is 20.7 Å². The molecule has 0 unspecified atom stereocenters. The second-order valence-electron chi connectivity index (χ2n) is 6.95. The van der Waals surface area contributed by atoms with Crippen molar-refractivity contribution in [2.75, 3.05) is 22.6 Å². The Labute approximate surface area is 180 Å². The Morgan fingerprint density at radius 3 is 2.13 bits per heavy atom. The van der Waals surface area contributed by atoms with Crippen molar-refractivity contribution in [1.29, 1.82) is 0 Å². The summed E-state index contributed by atoms with van der Waals surface area (Å²) in [5.41, 5.74) is 3.36. The Balaban J connectivity index is 1.50. The van der Waals surface area contributed by atoms with Gasteiger partial charge in [0, 0.05) is 29.5 Å². The second-order valence-corrected chi connectivity index (χ2v) is 6.95. The Bertz CT molecular complexity index is 1090. The number of amides is 3.